The van der Waals surface area contributed by atoms with Crippen molar-refractivity contribution in [1.82, 2.24) is 4.90 Å². The summed E-state index contributed by atoms with van der Waals surface area (Å²) in [6.45, 7) is 1.37. The molecule has 4 rings (SSSR count). The summed E-state index contributed by atoms with van der Waals surface area (Å²) >= 11 is 0. The number of hydrogen-bond donors (Lipinski definition) is 1. The first kappa shape index (κ1) is 15.5. The monoisotopic (exact) mass is 337 g/mol. The molecule has 6 nitrogen and oxygen atoms in total. The molecule has 0 bridgehead atoms. The Morgan fingerprint density at radius 3 is 2.68 bits per heavy atom. The topological polar surface area (TPSA) is 61.9 Å². The van der Waals surface area contributed by atoms with Crippen molar-refractivity contribution >= 4 is 23.5 Å². The van der Waals surface area contributed by atoms with E-state index in [-0.39, 0.29) is 18.2 Å². The quantitative estimate of drug-likeness (QED) is 0.867. The van der Waals surface area contributed by atoms with Gasteiger partial charge < -0.3 is 15.0 Å². The molecule has 1 fully saturated rings. The van der Waals surface area contributed by atoms with Gasteiger partial charge in [0.15, 0.2) is 0 Å². The Morgan fingerprint density at radius 1 is 1.08 bits per heavy atom. The van der Waals surface area contributed by atoms with E-state index in [1.165, 1.54) is 0 Å². The molecule has 0 spiro atoms. The first-order valence-corrected chi connectivity index (χ1v) is 8.37. The van der Waals surface area contributed by atoms with Crippen molar-refractivity contribution in [3.63, 3.8) is 0 Å². The average molecular weight is 337 g/mol. The van der Waals surface area contributed by atoms with E-state index >= 15 is 0 Å². The molecule has 0 saturated carbocycles. The van der Waals surface area contributed by atoms with E-state index in [2.05, 4.69) is 5.32 Å². The number of hydrogen-bond acceptors (Lipinski definition) is 3. The van der Waals surface area contributed by atoms with Crippen LogP contribution in [-0.4, -0.2) is 36.2 Å². The third-order valence-electron chi connectivity index (χ3n) is 4.62. The van der Waals surface area contributed by atoms with Crippen molar-refractivity contribution in [2.45, 2.75) is 19.0 Å². The Hall–Kier alpha value is -3.02. The third kappa shape index (κ3) is 3.03. The van der Waals surface area contributed by atoms with Gasteiger partial charge in [-0.15, -0.1) is 0 Å². The maximum Gasteiger partial charge on any atom is 0.414 e. The van der Waals surface area contributed by atoms with E-state index in [9.17, 15) is 9.59 Å². The molecule has 2 heterocycles. The number of rotatable bonds is 1. The number of ether oxygens (including phenoxy) is 1. The van der Waals surface area contributed by atoms with Crippen LogP contribution in [0.3, 0.4) is 0 Å². The Bertz CT molecular complexity index is 794. The standard InChI is InChI=1S/C19H19N3O3/c23-18(20-15-7-2-1-3-8-15)21-11-10-16-13-25-19(24)22(16)17-9-5-4-6-14(17)12-21/h1-9,16H,10-13H2,(H,20,23)/t16-/m0/s1. The lowest BCUT2D eigenvalue weighted by atomic mass is 10.1. The van der Waals surface area contributed by atoms with Gasteiger partial charge in [-0.05, 0) is 30.2 Å². The normalized spacial score (nSPS) is 19.4. The van der Waals surface area contributed by atoms with Crippen LogP contribution in [-0.2, 0) is 11.3 Å². The Labute approximate surface area is 146 Å². The second-order valence-corrected chi connectivity index (χ2v) is 6.24. The number of urea groups is 1. The second-order valence-electron chi connectivity index (χ2n) is 6.24. The summed E-state index contributed by atoms with van der Waals surface area (Å²) in [4.78, 5) is 28.3. The SMILES string of the molecule is O=C(Nc1ccccc1)N1CC[C@H]2COC(=O)N2c2ccccc2C1. The summed E-state index contributed by atoms with van der Waals surface area (Å²) < 4.78 is 5.23. The zero-order chi connectivity index (χ0) is 17.2. The largest absolute Gasteiger partial charge is 0.447 e. The van der Waals surface area contributed by atoms with E-state index < -0.39 is 0 Å². The highest BCUT2D eigenvalue weighted by Gasteiger charge is 2.37. The fourth-order valence-corrected chi connectivity index (χ4v) is 3.33. The number of carbonyl (C=O) groups excluding carboxylic acids is 2. The fraction of sp³-hybridized carbons (Fsp3) is 0.263. The van der Waals surface area contributed by atoms with Crippen molar-refractivity contribution in [1.29, 1.82) is 0 Å². The van der Waals surface area contributed by atoms with Crippen molar-refractivity contribution < 1.29 is 14.3 Å². The van der Waals surface area contributed by atoms with Gasteiger partial charge in [-0.2, -0.15) is 0 Å². The summed E-state index contributed by atoms with van der Waals surface area (Å²) in [6, 6.07) is 16.9. The molecule has 0 aliphatic carbocycles. The zero-order valence-electron chi connectivity index (χ0n) is 13.7. The molecular formula is C19H19N3O3. The number of para-hydroxylation sites is 2. The summed E-state index contributed by atoms with van der Waals surface area (Å²) in [5.41, 5.74) is 2.53. The highest BCUT2D eigenvalue weighted by molar-refractivity contribution is 5.92. The predicted molar refractivity (Wildman–Crippen MR) is 94.5 cm³/mol. The molecular weight excluding hydrogens is 318 g/mol. The van der Waals surface area contributed by atoms with Crippen LogP contribution in [0.2, 0.25) is 0 Å². The molecule has 25 heavy (non-hydrogen) atoms. The predicted octanol–water partition coefficient (Wildman–Crippen LogP) is 3.45. The van der Waals surface area contributed by atoms with Gasteiger partial charge in [0.2, 0.25) is 0 Å². The van der Waals surface area contributed by atoms with Crippen LogP contribution in [0.15, 0.2) is 54.6 Å². The number of cyclic esters (lactones) is 1. The lowest BCUT2D eigenvalue weighted by molar-refractivity contribution is 0.177. The summed E-state index contributed by atoms with van der Waals surface area (Å²) in [5, 5.41) is 2.93. The van der Waals surface area contributed by atoms with Gasteiger partial charge >= 0.3 is 12.1 Å². The molecule has 2 aliphatic rings. The van der Waals surface area contributed by atoms with Gasteiger partial charge in [-0.25, -0.2) is 9.59 Å². The number of carbonyl (C=O) groups is 2. The van der Waals surface area contributed by atoms with Crippen molar-refractivity contribution in [3.05, 3.63) is 60.2 Å². The van der Waals surface area contributed by atoms with Crippen LogP contribution in [0.5, 0.6) is 0 Å². The molecule has 1 saturated heterocycles. The lowest BCUT2D eigenvalue weighted by Gasteiger charge is -2.32. The average Bonchev–Trinajstić information content (AvgIpc) is 2.97. The third-order valence-corrected chi connectivity index (χ3v) is 4.62. The number of nitrogens with zero attached hydrogens (tertiary/aromatic N) is 2. The van der Waals surface area contributed by atoms with Crippen LogP contribution in [0.4, 0.5) is 21.0 Å². The van der Waals surface area contributed by atoms with Crippen LogP contribution >= 0.6 is 0 Å². The van der Waals surface area contributed by atoms with Gasteiger partial charge in [0, 0.05) is 18.8 Å². The number of amides is 3. The number of benzene rings is 2. The molecule has 1 atom stereocenters. The van der Waals surface area contributed by atoms with Crippen LogP contribution in [0.1, 0.15) is 12.0 Å². The van der Waals surface area contributed by atoms with Crippen LogP contribution in [0, 0.1) is 0 Å². The first-order valence-electron chi connectivity index (χ1n) is 8.37. The van der Waals surface area contributed by atoms with Gasteiger partial charge in [-0.1, -0.05) is 36.4 Å². The highest BCUT2D eigenvalue weighted by atomic mass is 16.6. The smallest absolute Gasteiger partial charge is 0.414 e. The Balaban J connectivity index is 1.60. The second kappa shape index (κ2) is 6.47. The summed E-state index contributed by atoms with van der Waals surface area (Å²) in [5.74, 6) is 0. The summed E-state index contributed by atoms with van der Waals surface area (Å²) in [7, 11) is 0. The van der Waals surface area contributed by atoms with E-state index in [0.717, 1.165) is 16.9 Å². The van der Waals surface area contributed by atoms with E-state index in [4.69, 9.17) is 4.74 Å². The fourth-order valence-electron chi connectivity index (χ4n) is 3.33. The minimum atomic E-state index is -0.306. The van der Waals surface area contributed by atoms with Gasteiger partial charge in [-0.3, -0.25) is 4.90 Å². The molecule has 128 valence electrons. The molecule has 2 aliphatic heterocycles. The number of anilines is 2. The van der Waals surface area contributed by atoms with Gasteiger partial charge in [0.05, 0.1) is 11.7 Å². The molecule has 1 N–H and O–H groups in total. The van der Waals surface area contributed by atoms with E-state index in [1.54, 1.807) is 9.80 Å². The van der Waals surface area contributed by atoms with Crippen LogP contribution in [0.25, 0.3) is 0 Å². The molecule has 0 radical (unpaired) electrons. The molecule has 0 unspecified atom stereocenters. The molecule has 2 aromatic rings. The van der Waals surface area contributed by atoms with Crippen molar-refractivity contribution in [2.75, 3.05) is 23.4 Å². The maximum atomic E-state index is 12.7. The van der Waals surface area contributed by atoms with Gasteiger partial charge in [0.25, 0.3) is 0 Å². The number of fused-ring (bicyclic) bond motifs is 3. The van der Waals surface area contributed by atoms with E-state index in [0.29, 0.717) is 26.1 Å². The zero-order valence-corrected chi connectivity index (χ0v) is 13.7. The Kier molecular flexibility index (Phi) is 4.01. The minimum absolute atomic E-state index is 0.0408. The van der Waals surface area contributed by atoms with E-state index in [1.807, 2.05) is 54.6 Å². The Morgan fingerprint density at radius 2 is 1.84 bits per heavy atom. The number of nitrogens with one attached hydrogen (secondary N) is 1. The molecule has 2 aromatic carbocycles. The molecule has 6 heteroatoms. The van der Waals surface area contributed by atoms with Crippen LogP contribution < -0.4 is 10.2 Å². The highest BCUT2D eigenvalue weighted by Crippen LogP contribution is 2.31. The lowest BCUT2D eigenvalue weighted by Crippen LogP contribution is -2.43. The minimum Gasteiger partial charge on any atom is -0.447 e. The van der Waals surface area contributed by atoms with Gasteiger partial charge in [0.1, 0.15) is 6.61 Å². The molecule has 0 aromatic heterocycles. The van der Waals surface area contributed by atoms with Crippen molar-refractivity contribution in [2.24, 2.45) is 0 Å². The molecule has 3 amide bonds. The van der Waals surface area contributed by atoms with Crippen molar-refractivity contribution in [3.8, 4) is 0 Å². The maximum absolute atomic E-state index is 12.7. The summed E-state index contributed by atoms with van der Waals surface area (Å²) in [6.07, 6.45) is 0.377. The first-order chi connectivity index (χ1) is 12.2.